The first-order valence-corrected chi connectivity index (χ1v) is 8.34. The van der Waals surface area contributed by atoms with Crippen molar-refractivity contribution in [2.24, 2.45) is 0 Å². The number of benzene rings is 2. The maximum Gasteiger partial charge on any atom is 0.348 e. The second kappa shape index (κ2) is 8.48. The maximum atomic E-state index is 13.0. The molecule has 1 unspecified atom stereocenters. The zero-order valence-corrected chi connectivity index (χ0v) is 15.1. The van der Waals surface area contributed by atoms with Gasteiger partial charge in [0.2, 0.25) is 5.60 Å². The van der Waals surface area contributed by atoms with Crippen LogP contribution in [0, 0.1) is 0 Å². The molecule has 1 N–H and O–H groups in total. The number of nitrogens with zero attached hydrogens (tertiary/aromatic N) is 1. The molecule has 0 saturated carbocycles. The zero-order chi connectivity index (χ0) is 17.0. The number of ether oxygens (including phenoxy) is 1. The monoisotopic (exact) mass is 361 g/mol. The lowest BCUT2D eigenvalue weighted by Gasteiger charge is -2.33. The number of aliphatic hydroxyl groups is 1. The summed E-state index contributed by atoms with van der Waals surface area (Å²) in [5.41, 5.74) is -0.755. The van der Waals surface area contributed by atoms with E-state index in [1.54, 1.807) is 24.3 Å². The lowest BCUT2D eigenvalue weighted by atomic mass is 9.86. The molecule has 1 aliphatic rings. The van der Waals surface area contributed by atoms with Crippen molar-refractivity contribution in [1.82, 2.24) is 4.90 Å². The summed E-state index contributed by atoms with van der Waals surface area (Å²) in [6, 6.07) is 18.0. The predicted octanol–water partition coefficient (Wildman–Crippen LogP) is 2.98. The molecule has 0 spiro atoms. The molecular weight excluding hydrogens is 338 g/mol. The molecule has 0 radical (unpaired) electrons. The predicted molar refractivity (Wildman–Crippen MR) is 99.7 cm³/mol. The van der Waals surface area contributed by atoms with Gasteiger partial charge in [-0.3, -0.25) is 0 Å². The summed E-state index contributed by atoms with van der Waals surface area (Å²) < 4.78 is 5.71. The molecule has 0 aliphatic carbocycles. The summed E-state index contributed by atoms with van der Waals surface area (Å²) >= 11 is 0. The number of hydrogen-bond acceptors (Lipinski definition) is 4. The second-order valence-corrected chi connectivity index (χ2v) is 6.37. The van der Waals surface area contributed by atoms with Crippen LogP contribution in [0.4, 0.5) is 0 Å². The summed E-state index contributed by atoms with van der Waals surface area (Å²) in [6.45, 7) is 1.71. The molecule has 2 aromatic rings. The third-order valence-corrected chi connectivity index (χ3v) is 4.53. The smallest absolute Gasteiger partial charge is 0.348 e. The first kappa shape index (κ1) is 19.4. The van der Waals surface area contributed by atoms with Gasteiger partial charge in [-0.2, -0.15) is 0 Å². The fourth-order valence-electron chi connectivity index (χ4n) is 3.21. The number of rotatable bonds is 4. The molecule has 0 bridgehead atoms. The van der Waals surface area contributed by atoms with Gasteiger partial charge in [0.05, 0.1) is 0 Å². The standard InChI is InChI=1S/C20H23NO3.ClH/c1-21-14-8-13-18(15-21)24-19(22)20(23,16-9-4-2-5-10-16)17-11-6-3-7-12-17;/h2-7,9-12,18,23H,8,13-15H2,1H3;1H. The Bertz CT molecular complexity index is 638. The van der Waals surface area contributed by atoms with Crippen LogP contribution in [-0.2, 0) is 15.1 Å². The van der Waals surface area contributed by atoms with Crippen molar-refractivity contribution in [1.29, 1.82) is 0 Å². The Morgan fingerprint density at radius 3 is 2.08 bits per heavy atom. The molecule has 25 heavy (non-hydrogen) atoms. The van der Waals surface area contributed by atoms with Gasteiger partial charge in [0.25, 0.3) is 0 Å². The van der Waals surface area contributed by atoms with Crippen LogP contribution in [0.1, 0.15) is 24.0 Å². The molecule has 2 aromatic carbocycles. The van der Waals surface area contributed by atoms with E-state index in [-0.39, 0.29) is 18.5 Å². The molecule has 5 heteroatoms. The highest BCUT2D eigenvalue weighted by Gasteiger charge is 2.42. The summed E-state index contributed by atoms with van der Waals surface area (Å²) in [5.74, 6) is -0.611. The first-order chi connectivity index (χ1) is 11.6. The van der Waals surface area contributed by atoms with Crippen molar-refractivity contribution in [3.8, 4) is 0 Å². The summed E-state index contributed by atoms with van der Waals surface area (Å²) in [6.07, 6.45) is 1.63. The molecule has 0 amide bonds. The normalized spacial score (nSPS) is 18.2. The van der Waals surface area contributed by atoms with Gasteiger partial charge in [-0.25, -0.2) is 4.79 Å². The van der Waals surface area contributed by atoms with Crippen LogP contribution < -0.4 is 0 Å². The molecule has 1 atom stereocenters. The number of halogens is 1. The van der Waals surface area contributed by atoms with Gasteiger partial charge in [-0.05, 0) is 37.6 Å². The Hall–Kier alpha value is -1.88. The van der Waals surface area contributed by atoms with E-state index >= 15 is 0 Å². The number of esters is 1. The summed E-state index contributed by atoms with van der Waals surface area (Å²) in [4.78, 5) is 15.1. The molecular formula is C20H24ClNO3. The lowest BCUT2D eigenvalue weighted by molar-refractivity contribution is -0.170. The molecule has 1 heterocycles. The number of hydrogen-bond donors (Lipinski definition) is 1. The number of likely N-dealkylation sites (tertiary alicyclic amines) is 1. The van der Waals surface area contributed by atoms with Gasteiger partial charge in [0.1, 0.15) is 6.10 Å². The molecule has 0 aromatic heterocycles. The van der Waals surface area contributed by atoms with Crippen LogP contribution in [-0.4, -0.2) is 42.2 Å². The molecule has 4 nitrogen and oxygen atoms in total. The van der Waals surface area contributed by atoms with Crippen LogP contribution in [0.3, 0.4) is 0 Å². The van der Waals surface area contributed by atoms with Gasteiger partial charge >= 0.3 is 5.97 Å². The van der Waals surface area contributed by atoms with Gasteiger partial charge in [-0.1, -0.05) is 60.7 Å². The average Bonchev–Trinajstić information content (AvgIpc) is 2.62. The minimum absolute atomic E-state index is 0. The van der Waals surface area contributed by atoms with Crippen LogP contribution in [0.15, 0.2) is 60.7 Å². The summed E-state index contributed by atoms with van der Waals surface area (Å²) in [7, 11) is 2.01. The van der Waals surface area contributed by atoms with E-state index in [1.165, 1.54) is 0 Å². The van der Waals surface area contributed by atoms with Gasteiger partial charge in [-0.15, -0.1) is 12.4 Å². The molecule has 3 rings (SSSR count). The van der Waals surface area contributed by atoms with Crippen LogP contribution in [0.2, 0.25) is 0 Å². The molecule has 1 fully saturated rings. The SMILES string of the molecule is CN1CCCC(OC(=O)C(O)(c2ccccc2)c2ccccc2)C1.Cl. The van der Waals surface area contributed by atoms with Gasteiger partial charge < -0.3 is 14.7 Å². The fraction of sp³-hybridized carbons (Fsp3) is 0.350. The molecule has 1 aliphatic heterocycles. The lowest BCUT2D eigenvalue weighted by Crippen LogP contribution is -2.44. The number of likely N-dealkylation sites (N-methyl/N-ethyl adjacent to an activating group) is 1. The average molecular weight is 362 g/mol. The highest BCUT2D eigenvalue weighted by atomic mass is 35.5. The Morgan fingerprint density at radius 2 is 1.60 bits per heavy atom. The van der Waals surface area contributed by atoms with Crippen molar-refractivity contribution in [2.75, 3.05) is 20.1 Å². The van der Waals surface area contributed by atoms with Crippen LogP contribution in [0.5, 0.6) is 0 Å². The Balaban J connectivity index is 0.00000225. The van der Waals surface area contributed by atoms with Crippen molar-refractivity contribution < 1.29 is 14.6 Å². The zero-order valence-electron chi connectivity index (χ0n) is 14.3. The van der Waals surface area contributed by atoms with E-state index in [0.29, 0.717) is 17.7 Å². The fourth-order valence-corrected chi connectivity index (χ4v) is 3.21. The third-order valence-electron chi connectivity index (χ3n) is 4.53. The van der Waals surface area contributed by atoms with E-state index in [9.17, 15) is 9.90 Å². The number of carbonyl (C=O) groups is 1. The van der Waals surface area contributed by atoms with E-state index in [1.807, 2.05) is 43.4 Å². The number of piperidine rings is 1. The minimum atomic E-state index is -1.79. The Labute approximate surface area is 154 Å². The number of carbonyl (C=O) groups excluding carboxylic acids is 1. The molecule has 134 valence electrons. The van der Waals surface area contributed by atoms with E-state index in [4.69, 9.17) is 4.74 Å². The summed E-state index contributed by atoms with van der Waals surface area (Å²) in [5, 5.41) is 11.3. The largest absolute Gasteiger partial charge is 0.458 e. The second-order valence-electron chi connectivity index (χ2n) is 6.37. The Kier molecular flexibility index (Phi) is 6.59. The Morgan fingerprint density at radius 1 is 1.08 bits per heavy atom. The van der Waals surface area contributed by atoms with E-state index < -0.39 is 11.6 Å². The van der Waals surface area contributed by atoms with Crippen molar-refractivity contribution in [2.45, 2.75) is 24.5 Å². The van der Waals surface area contributed by atoms with E-state index in [0.717, 1.165) is 19.4 Å². The van der Waals surface area contributed by atoms with E-state index in [2.05, 4.69) is 4.90 Å². The highest BCUT2D eigenvalue weighted by molar-refractivity contribution is 5.86. The van der Waals surface area contributed by atoms with Gasteiger partial charge in [0.15, 0.2) is 0 Å². The highest BCUT2D eigenvalue weighted by Crippen LogP contribution is 2.32. The first-order valence-electron chi connectivity index (χ1n) is 8.34. The van der Waals surface area contributed by atoms with Crippen molar-refractivity contribution in [3.05, 3.63) is 71.8 Å². The van der Waals surface area contributed by atoms with Crippen LogP contribution in [0.25, 0.3) is 0 Å². The topological polar surface area (TPSA) is 49.8 Å². The maximum absolute atomic E-state index is 13.0. The van der Waals surface area contributed by atoms with Crippen LogP contribution >= 0.6 is 12.4 Å². The minimum Gasteiger partial charge on any atom is -0.458 e. The molecule has 1 saturated heterocycles. The third kappa shape index (κ3) is 4.21. The van der Waals surface area contributed by atoms with Gasteiger partial charge in [0, 0.05) is 6.54 Å². The van der Waals surface area contributed by atoms with Crippen molar-refractivity contribution in [3.63, 3.8) is 0 Å². The van der Waals surface area contributed by atoms with Crippen molar-refractivity contribution >= 4 is 18.4 Å². The quantitative estimate of drug-likeness (QED) is 0.850.